The molecule has 0 atom stereocenters. The molecule has 4 heteroatoms. The number of ether oxygens (including phenoxy) is 1. The fraction of sp³-hybridized carbons (Fsp3) is 0.0588. The second-order valence-electron chi connectivity index (χ2n) is 4.76. The molecule has 2 aromatic carbocycles. The van der Waals surface area contributed by atoms with Crippen LogP contribution in [-0.4, -0.2) is 10.8 Å². The normalized spacial score (nSPS) is 10.5. The number of rotatable bonds is 4. The second-order valence-corrected chi connectivity index (χ2v) is 4.76. The van der Waals surface area contributed by atoms with Gasteiger partial charge < -0.3 is 10.5 Å². The van der Waals surface area contributed by atoms with Crippen LogP contribution in [0.4, 0.5) is 0 Å². The molecule has 104 valence electrons. The van der Waals surface area contributed by atoms with Gasteiger partial charge in [0, 0.05) is 17.1 Å². The van der Waals surface area contributed by atoms with Gasteiger partial charge >= 0.3 is 0 Å². The van der Waals surface area contributed by atoms with Gasteiger partial charge in [-0.3, -0.25) is 10.4 Å². The van der Waals surface area contributed by atoms with Gasteiger partial charge in [0.25, 0.3) is 0 Å². The van der Waals surface area contributed by atoms with Gasteiger partial charge in [-0.2, -0.15) is 0 Å². The van der Waals surface area contributed by atoms with E-state index in [-0.39, 0.29) is 5.84 Å². The number of fused-ring (bicyclic) bond motifs is 1. The van der Waals surface area contributed by atoms with Crippen molar-refractivity contribution in [1.82, 2.24) is 4.98 Å². The van der Waals surface area contributed by atoms with Crippen molar-refractivity contribution in [3.63, 3.8) is 0 Å². The third kappa shape index (κ3) is 3.00. The summed E-state index contributed by atoms with van der Waals surface area (Å²) >= 11 is 0. The van der Waals surface area contributed by atoms with Crippen LogP contribution < -0.4 is 10.5 Å². The zero-order valence-electron chi connectivity index (χ0n) is 11.4. The summed E-state index contributed by atoms with van der Waals surface area (Å²) in [6, 6.07) is 17.2. The second kappa shape index (κ2) is 5.63. The first-order chi connectivity index (χ1) is 10.2. The molecule has 0 saturated carbocycles. The summed E-state index contributed by atoms with van der Waals surface area (Å²) in [7, 11) is 0. The van der Waals surface area contributed by atoms with Gasteiger partial charge in [0.2, 0.25) is 0 Å². The third-order valence-corrected chi connectivity index (χ3v) is 3.24. The molecule has 0 unspecified atom stereocenters. The first-order valence-corrected chi connectivity index (χ1v) is 6.63. The Balaban J connectivity index is 1.72. The van der Waals surface area contributed by atoms with E-state index in [1.54, 1.807) is 18.3 Å². The van der Waals surface area contributed by atoms with Crippen LogP contribution in [0.3, 0.4) is 0 Å². The summed E-state index contributed by atoms with van der Waals surface area (Å²) in [6.45, 7) is 0.490. The zero-order valence-corrected chi connectivity index (χ0v) is 11.4. The monoisotopic (exact) mass is 277 g/mol. The fourth-order valence-electron chi connectivity index (χ4n) is 2.11. The Hall–Kier alpha value is -2.88. The predicted octanol–water partition coefficient (Wildman–Crippen LogP) is 3.10. The Bertz CT molecular complexity index is 781. The van der Waals surface area contributed by atoms with Crippen molar-refractivity contribution < 1.29 is 4.74 Å². The summed E-state index contributed by atoms with van der Waals surface area (Å²) in [5.41, 5.74) is 8.18. The first kappa shape index (κ1) is 13.1. The minimum Gasteiger partial charge on any atom is -0.489 e. The van der Waals surface area contributed by atoms with Gasteiger partial charge in [0.15, 0.2) is 0 Å². The van der Waals surface area contributed by atoms with Crippen LogP contribution in [0.15, 0.2) is 60.8 Å². The molecule has 3 rings (SSSR count). The van der Waals surface area contributed by atoms with Gasteiger partial charge in [0.05, 0.1) is 5.52 Å². The van der Waals surface area contributed by atoms with E-state index in [0.29, 0.717) is 12.2 Å². The SMILES string of the molecule is N=C(N)c1ccc(OCc2ccc3ncccc3c2)cc1. The van der Waals surface area contributed by atoms with E-state index in [1.165, 1.54) is 0 Å². The molecule has 0 amide bonds. The fourth-order valence-corrected chi connectivity index (χ4v) is 2.11. The van der Waals surface area contributed by atoms with Crippen LogP contribution in [0.1, 0.15) is 11.1 Å². The molecular formula is C17H15N3O. The summed E-state index contributed by atoms with van der Waals surface area (Å²) in [5.74, 6) is 0.815. The number of nitrogens with zero attached hydrogens (tertiary/aromatic N) is 1. The minimum atomic E-state index is 0.0589. The highest BCUT2D eigenvalue weighted by atomic mass is 16.5. The van der Waals surface area contributed by atoms with Gasteiger partial charge in [0.1, 0.15) is 18.2 Å². The molecule has 4 nitrogen and oxygen atoms in total. The average molecular weight is 277 g/mol. The number of hydrogen-bond donors (Lipinski definition) is 2. The maximum Gasteiger partial charge on any atom is 0.122 e. The van der Waals surface area contributed by atoms with E-state index >= 15 is 0 Å². The summed E-state index contributed by atoms with van der Waals surface area (Å²) in [4.78, 5) is 4.29. The Morgan fingerprint density at radius 3 is 2.67 bits per heavy atom. The van der Waals surface area contributed by atoms with Crippen LogP contribution in [0, 0.1) is 5.41 Å². The van der Waals surface area contributed by atoms with E-state index in [1.807, 2.05) is 36.4 Å². The Morgan fingerprint density at radius 2 is 1.90 bits per heavy atom. The number of pyridine rings is 1. The molecule has 0 aliphatic rings. The maximum atomic E-state index is 7.35. The zero-order chi connectivity index (χ0) is 14.7. The highest BCUT2D eigenvalue weighted by Gasteiger charge is 2.00. The van der Waals surface area contributed by atoms with Crippen molar-refractivity contribution in [3.05, 3.63) is 71.9 Å². The lowest BCUT2D eigenvalue weighted by molar-refractivity contribution is 0.306. The molecule has 1 aromatic heterocycles. The van der Waals surface area contributed by atoms with Crippen LogP contribution in [-0.2, 0) is 6.61 Å². The van der Waals surface area contributed by atoms with E-state index in [9.17, 15) is 0 Å². The average Bonchev–Trinajstić information content (AvgIpc) is 2.53. The number of amidine groups is 1. The highest BCUT2D eigenvalue weighted by Crippen LogP contribution is 2.17. The smallest absolute Gasteiger partial charge is 0.122 e. The Morgan fingerprint density at radius 1 is 1.10 bits per heavy atom. The quantitative estimate of drug-likeness (QED) is 0.568. The third-order valence-electron chi connectivity index (χ3n) is 3.24. The maximum absolute atomic E-state index is 7.35. The molecule has 1 heterocycles. The van der Waals surface area contributed by atoms with Crippen molar-refractivity contribution in [3.8, 4) is 5.75 Å². The number of aromatic nitrogens is 1. The molecule has 21 heavy (non-hydrogen) atoms. The van der Waals surface area contributed by atoms with Crippen molar-refractivity contribution in [2.75, 3.05) is 0 Å². The largest absolute Gasteiger partial charge is 0.489 e. The lowest BCUT2D eigenvalue weighted by Gasteiger charge is -2.08. The van der Waals surface area contributed by atoms with E-state index in [4.69, 9.17) is 15.9 Å². The molecule has 0 aliphatic heterocycles. The predicted molar refractivity (Wildman–Crippen MR) is 83.5 cm³/mol. The highest BCUT2D eigenvalue weighted by molar-refractivity contribution is 5.94. The summed E-state index contributed by atoms with van der Waals surface area (Å²) in [5, 5.41) is 8.45. The van der Waals surface area contributed by atoms with Gasteiger partial charge in [-0.25, -0.2) is 0 Å². The molecule has 0 spiro atoms. The summed E-state index contributed by atoms with van der Waals surface area (Å²) < 4.78 is 5.74. The lowest BCUT2D eigenvalue weighted by Crippen LogP contribution is -2.10. The lowest BCUT2D eigenvalue weighted by atomic mass is 10.1. The molecule has 3 N–H and O–H groups in total. The number of nitrogens with two attached hydrogens (primary N) is 1. The first-order valence-electron chi connectivity index (χ1n) is 6.63. The molecule has 0 bridgehead atoms. The van der Waals surface area contributed by atoms with Crippen LogP contribution in [0.2, 0.25) is 0 Å². The molecule has 0 radical (unpaired) electrons. The number of nitrogen functional groups attached to an aromatic ring is 1. The van der Waals surface area contributed by atoms with Crippen LogP contribution in [0.25, 0.3) is 10.9 Å². The standard InChI is InChI=1S/C17H15N3O/c18-17(19)13-4-6-15(7-5-13)21-11-12-3-8-16-14(10-12)2-1-9-20-16/h1-10H,11H2,(H3,18,19). The van der Waals surface area contributed by atoms with Crippen molar-refractivity contribution in [2.24, 2.45) is 5.73 Å². The van der Waals surface area contributed by atoms with Crippen molar-refractivity contribution in [1.29, 1.82) is 5.41 Å². The molecule has 0 fully saturated rings. The number of benzene rings is 2. The van der Waals surface area contributed by atoms with Crippen LogP contribution >= 0.6 is 0 Å². The van der Waals surface area contributed by atoms with E-state index < -0.39 is 0 Å². The van der Waals surface area contributed by atoms with Crippen LogP contribution in [0.5, 0.6) is 5.75 Å². The topological polar surface area (TPSA) is 72.0 Å². The number of hydrogen-bond acceptors (Lipinski definition) is 3. The Labute approximate surface area is 122 Å². The van der Waals surface area contributed by atoms with E-state index in [2.05, 4.69) is 11.1 Å². The van der Waals surface area contributed by atoms with Gasteiger partial charge in [-0.1, -0.05) is 12.1 Å². The number of nitrogens with one attached hydrogen (secondary N) is 1. The molecule has 0 saturated heterocycles. The van der Waals surface area contributed by atoms with Crippen molar-refractivity contribution >= 4 is 16.7 Å². The minimum absolute atomic E-state index is 0.0589. The molecule has 3 aromatic rings. The molecular weight excluding hydrogens is 262 g/mol. The van der Waals surface area contributed by atoms with Crippen molar-refractivity contribution in [2.45, 2.75) is 6.61 Å². The van der Waals surface area contributed by atoms with Gasteiger partial charge in [-0.05, 0) is 48.0 Å². The van der Waals surface area contributed by atoms with E-state index in [0.717, 1.165) is 22.2 Å². The Kier molecular flexibility index (Phi) is 3.51. The molecule has 0 aliphatic carbocycles. The summed E-state index contributed by atoms with van der Waals surface area (Å²) in [6.07, 6.45) is 1.79. The van der Waals surface area contributed by atoms with Gasteiger partial charge in [-0.15, -0.1) is 0 Å².